The highest BCUT2D eigenvalue weighted by atomic mass is 79.9. The molecule has 0 aliphatic carbocycles. The van der Waals surface area contributed by atoms with E-state index in [0.717, 1.165) is 27.3 Å². The van der Waals surface area contributed by atoms with E-state index in [9.17, 15) is 4.79 Å². The molecule has 0 unspecified atom stereocenters. The standard InChI is InChI=1S/C12H13BrN2OS/c1-2-3-12-14-6-7-15(12)8-9(16)10-4-5-11(13)17-10/h4-7H,2-3,8H2,1H3. The van der Waals surface area contributed by atoms with Gasteiger partial charge in [-0.05, 0) is 34.5 Å². The van der Waals surface area contributed by atoms with Gasteiger partial charge in [-0.15, -0.1) is 11.3 Å². The minimum absolute atomic E-state index is 0.135. The number of hydrogen-bond acceptors (Lipinski definition) is 3. The van der Waals surface area contributed by atoms with Crippen molar-refractivity contribution in [2.75, 3.05) is 0 Å². The summed E-state index contributed by atoms with van der Waals surface area (Å²) in [6.45, 7) is 2.49. The third kappa shape index (κ3) is 3.04. The molecule has 0 fully saturated rings. The Morgan fingerprint density at radius 3 is 3.00 bits per heavy atom. The average Bonchev–Trinajstić information content (AvgIpc) is 2.89. The first-order valence-electron chi connectivity index (χ1n) is 5.49. The number of nitrogens with zero attached hydrogens (tertiary/aromatic N) is 2. The summed E-state index contributed by atoms with van der Waals surface area (Å²) < 4.78 is 2.92. The van der Waals surface area contributed by atoms with Gasteiger partial charge >= 0.3 is 0 Å². The lowest BCUT2D eigenvalue weighted by molar-refractivity contribution is 0.0975. The van der Waals surface area contributed by atoms with Gasteiger partial charge < -0.3 is 4.57 Å². The van der Waals surface area contributed by atoms with Crippen LogP contribution < -0.4 is 0 Å². The van der Waals surface area contributed by atoms with Crippen molar-refractivity contribution in [1.82, 2.24) is 9.55 Å². The van der Waals surface area contributed by atoms with Crippen LogP contribution in [-0.4, -0.2) is 15.3 Å². The Labute approximate surface area is 113 Å². The van der Waals surface area contributed by atoms with Crippen LogP contribution in [0.15, 0.2) is 28.3 Å². The van der Waals surface area contributed by atoms with Crippen molar-refractivity contribution >= 4 is 33.0 Å². The van der Waals surface area contributed by atoms with Crippen LogP contribution in [0.2, 0.25) is 0 Å². The van der Waals surface area contributed by atoms with Crippen molar-refractivity contribution < 1.29 is 4.79 Å². The van der Waals surface area contributed by atoms with Crippen LogP contribution in [0.1, 0.15) is 28.8 Å². The number of Topliss-reactive ketones (excluding diaryl/α,β-unsaturated/α-hetero) is 1. The maximum atomic E-state index is 12.0. The third-order valence-electron chi connectivity index (χ3n) is 2.44. The van der Waals surface area contributed by atoms with Crippen LogP contribution in [-0.2, 0) is 13.0 Å². The Hall–Kier alpha value is -0.940. The summed E-state index contributed by atoms with van der Waals surface area (Å²) in [5.41, 5.74) is 0. The van der Waals surface area contributed by atoms with E-state index in [1.54, 1.807) is 6.20 Å². The molecule has 2 heterocycles. The van der Waals surface area contributed by atoms with Gasteiger partial charge in [-0.1, -0.05) is 6.92 Å². The first-order chi connectivity index (χ1) is 8.20. The molecule has 2 rings (SSSR count). The van der Waals surface area contributed by atoms with Gasteiger partial charge in [-0.3, -0.25) is 4.79 Å². The molecule has 0 aromatic carbocycles. The molecule has 2 aromatic rings. The molecule has 0 atom stereocenters. The number of halogens is 1. The molecule has 0 saturated heterocycles. The fourth-order valence-corrected chi connectivity index (χ4v) is 2.95. The topological polar surface area (TPSA) is 34.9 Å². The summed E-state index contributed by atoms with van der Waals surface area (Å²) >= 11 is 4.84. The Morgan fingerprint density at radius 1 is 1.53 bits per heavy atom. The van der Waals surface area contributed by atoms with Crippen LogP contribution in [0.4, 0.5) is 0 Å². The first-order valence-corrected chi connectivity index (χ1v) is 7.10. The molecule has 0 radical (unpaired) electrons. The van der Waals surface area contributed by atoms with E-state index in [0.29, 0.717) is 6.54 Å². The molecule has 5 heteroatoms. The molecule has 0 bridgehead atoms. The van der Waals surface area contributed by atoms with Crippen LogP contribution in [0, 0.1) is 0 Å². The van der Waals surface area contributed by atoms with Crippen molar-refractivity contribution in [3.05, 3.63) is 39.0 Å². The Kier molecular flexibility index (Phi) is 4.12. The second kappa shape index (κ2) is 5.60. The van der Waals surface area contributed by atoms with E-state index in [4.69, 9.17) is 0 Å². The molecule has 0 aliphatic heterocycles. The molecule has 0 saturated carbocycles. The molecule has 2 aromatic heterocycles. The molecule has 3 nitrogen and oxygen atoms in total. The number of aromatic nitrogens is 2. The summed E-state index contributed by atoms with van der Waals surface area (Å²) in [6.07, 6.45) is 5.57. The minimum atomic E-state index is 0.135. The van der Waals surface area contributed by atoms with E-state index in [2.05, 4.69) is 27.8 Å². The zero-order chi connectivity index (χ0) is 12.3. The Bertz CT molecular complexity index is 518. The normalized spacial score (nSPS) is 10.7. The van der Waals surface area contributed by atoms with Gasteiger partial charge in [0.2, 0.25) is 0 Å². The van der Waals surface area contributed by atoms with Crippen LogP contribution in [0.5, 0.6) is 0 Å². The van der Waals surface area contributed by atoms with Crippen LogP contribution in [0.3, 0.4) is 0 Å². The van der Waals surface area contributed by atoms with Crippen LogP contribution in [0.25, 0.3) is 0 Å². The van der Waals surface area contributed by atoms with Gasteiger partial charge in [0.15, 0.2) is 5.78 Å². The zero-order valence-electron chi connectivity index (χ0n) is 9.52. The molecule has 0 N–H and O–H groups in total. The van der Waals surface area contributed by atoms with E-state index < -0.39 is 0 Å². The number of imidazole rings is 1. The molecule has 90 valence electrons. The molecule has 0 spiro atoms. The van der Waals surface area contributed by atoms with Gasteiger partial charge in [-0.2, -0.15) is 0 Å². The van der Waals surface area contributed by atoms with E-state index >= 15 is 0 Å². The van der Waals surface area contributed by atoms with Gasteiger partial charge in [0.05, 0.1) is 15.2 Å². The number of ketones is 1. The first kappa shape index (κ1) is 12.5. The molecular weight excluding hydrogens is 300 g/mol. The predicted octanol–water partition coefficient (Wildman–Crippen LogP) is 3.54. The van der Waals surface area contributed by atoms with E-state index in [-0.39, 0.29) is 5.78 Å². The number of hydrogen-bond donors (Lipinski definition) is 0. The fourth-order valence-electron chi connectivity index (χ4n) is 1.63. The number of thiophene rings is 1. The smallest absolute Gasteiger partial charge is 0.192 e. The van der Waals surface area contributed by atoms with Gasteiger partial charge in [-0.25, -0.2) is 4.98 Å². The Balaban J connectivity index is 2.10. The average molecular weight is 313 g/mol. The summed E-state index contributed by atoms with van der Waals surface area (Å²) in [7, 11) is 0. The summed E-state index contributed by atoms with van der Waals surface area (Å²) in [4.78, 5) is 17.1. The molecular formula is C12H13BrN2OS. The lowest BCUT2D eigenvalue weighted by Gasteiger charge is -2.04. The number of carbonyl (C=O) groups is 1. The summed E-state index contributed by atoms with van der Waals surface area (Å²) in [5, 5.41) is 0. The molecule has 0 amide bonds. The van der Waals surface area contributed by atoms with Crippen molar-refractivity contribution in [2.24, 2.45) is 0 Å². The maximum absolute atomic E-state index is 12.0. The number of rotatable bonds is 5. The predicted molar refractivity (Wildman–Crippen MR) is 72.6 cm³/mol. The second-order valence-electron chi connectivity index (χ2n) is 3.75. The van der Waals surface area contributed by atoms with Crippen LogP contribution >= 0.6 is 27.3 Å². The monoisotopic (exact) mass is 312 g/mol. The van der Waals surface area contributed by atoms with Crippen molar-refractivity contribution in [1.29, 1.82) is 0 Å². The molecule has 0 aliphatic rings. The summed E-state index contributed by atoms with van der Waals surface area (Å²) in [6, 6.07) is 3.76. The highest BCUT2D eigenvalue weighted by Crippen LogP contribution is 2.22. The lowest BCUT2D eigenvalue weighted by Crippen LogP contribution is -2.11. The third-order valence-corrected chi connectivity index (χ3v) is 4.10. The number of aryl methyl sites for hydroxylation is 1. The van der Waals surface area contributed by atoms with Crippen molar-refractivity contribution in [2.45, 2.75) is 26.3 Å². The summed E-state index contributed by atoms with van der Waals surface area (Å²) in [5.74, 6) is 1.12. The SMILES string of the molecule is CCCc1nccn1CC(=O)c1ccc(Br)s1. The van der Waals surface area contributed by atoms with E-state index in [1.807, 2.05) is 22.9 Å². The second-order valence-corrected chi connectivity index (χ2v) is 6.21. The number of carbonyl (C=O) groups excluding carboxylic acids is 1. The zero-order valence-corrected chi connectivity index (χ0v) is 11.9. The van der Waals surface area contributed by atoms with Crippen molar-refractivity contribution in [3.8, 4) is 0 Å². The largest absolute Gasteiger partial charge is 0.327 e. The molecule has 17 heavy (non-hydrogen) atoms. The quantitative estimate of drug-likeness (QED) is 0.791. The maximum Gasteiger partial charge on any atom is 0.192 e. The van der Waals surface area contributed by atoms with Gasteiger partial charge in [0.1, 0.15) is 5.82 Å². The minimum Gasteiger partial charge on any atom is -0.327 e. The van der Waals surface area contributed by atoms with Gasteiger partial charge in [0.25, 0.3) is 0 Å². The van der Waals surface area contributed by atoms with E-state index in [1.165, 1.54) is 11.3 Å². The lowest BCUT2D eigenvalue weighted by atomic mass is 10.3. The van der Waals surface area contributed by atoms with Crippen molar-refractivity contribution in [3.63, 3.8) is 0 Å². The van der Waals surface area contributed by atoms with Gasteiger partial charge in [0, 0.05) is 18.8 Å². The Morgan fingerprint density at radius 2 is 2.35 bits per heavy atom. The highest BCUT2D eigenvalue weighted by Gasteiger charge is 2.11. The fraction of sp³-hybridized carbons (Fsp3) is 0.333. The highest BCUT2D eigenvalue weighted by molar-refractivity contribution is 9.11.